The fraction of sp³-hybridized carbons (Fsp3) is 0.556. The second-order valence-corrected chi connectivity index (χ2v) is 6.53. The van der Waals surface area contributed by atoms with Crippen LogP contribution in [0.3, 0.4) is 0 Å². The van der Waals surface area contributed by atoms with Crippen molar-refractivity contribution in [3.63, 3.8) is 0 Å². The molecule has 130 valence electrons. The Morgan fingerprint density at radius 1 is 1.17 bits per heavy atom. The number of piperidine rings is 1. The molecule has 0 bridgehead atoms. The Morgan fingerprint density at radius 3 is 2.54 bits per heavy atom. The number of hydrogen-bond donors (Lipinski definition) is 1. The first-order chi connectivity index (χ1) is 11.6. The van der Waals surface area contributed by atoms with Gasteiger partial charge in [-0.15, -0.1) is 0 Å². The van der Waals surface area contributed by atoms with E-state index in [1.807, 2.05) is 35.2 Å². The van der Waals surface area contributed by atoms with Crippen LogP contribution in [0.15, 0.2) is 30.3 Å². The van der Waals surface area contributed by atoms with Gasteiger partial charge in [0.2, 0.25) is 5.91 Å². The normalized spacial score (nSPS) is 20.8. The van der Waals surface area contributed by atoms with Crippen LogP contribution in [-0.4, -0.2) is 73.6 Å². The summed E-state index contributed by atoms with van der Waals surface area (Å²) in [6.45, 7) is 3.85. The molecule has 1 aromatic rings. The molecular weight excluding hydrogens is 306 g/mol. The molecule has 0 aliphatic carbocycles. The number of benzene rings is 1. The predicted molar refractivity (Wildman–Crippen MR) is 90.8 cm³/mol. The van der Waals surface area contributed by atoms with Gasteiger partial charge in [0.25, 0.3) is 5.91 Å². The van der Waals surface area contributed by atoms with Crippen molar-refractivity contribution in [1.82, 2.24) is 15.1 Å². The Kier molecular flexibility index (Phi) is 5.16. The second kappa shape index (κ2) is 7.32. The number of likely N-dealkylation sites (N-methyl/N-ethyl adjacent to an activating group) is 1. The fourth-order valence-electron chi connectivity index (χ4n) is 3.61. The van der Waals surface area contributed by atoms with Crippen LogP contribution in [0, 0.1) is 0 Å². The Morgan fingerprint density at radius 2 is 1.88 bits per heavy atom. The van der Waals surface area contributed by atoms with Gasteiger partial charge in [-0.05, 0) is 25.0 Å². The van der Waals surface area contributed by atoms with Crippen LogP contribution in [0.25, 0.3) is 0 Å². The van der Waals surface area contributed by atoms with E-state index in [0.29, 0.717) is 32.8 Å². The van der Waals surface area contributed by atoms with E-state index in [0.717, 1.165) is 24.9 Å². The molecule has 2 amide bonds. The minimum Gasteiger partial charge on any atom is -0.378 e. The zero-order valence-electron chi connectivity index (χ0n) is 14.2. The van der Waals surface area contributed by atoms with Crippen molar-refractivity contribution < 1.29 is 14.3 Å². The Balaban J connectivity index is 1.66. The molecule has 6 heteroatoms. The number of nitrogens with zero attached hydrogens (tertiary/aromatic N) is 2. The van der Waals surface area contributed by atoms with E-state index >= 15 is 0 Å². The number of nitrogens with one attached hydrogen (secondary N) is 1. The maximum atomic E-state index is 12.6. The Hall–Kier alpha value is -1.92. The standard InChI is InChI=1S/C18H25N3O3/c1-19-16(22)13-21-11-12-24-14-18(21)7-9-20(10-8-18)17(23)15-5-3-2-4-6-15/h2-6H,7-14H2,1H3,(H,19,22). The van der Waals surface area contributed by atoms with Gasteiger partial charge in [-0.3, -0.25) is 14.5 Å². The smallest absolute Gasteiger partial charge is 0.253 e. The van der Waals surface area contributed by atoms with Gasteiger partial charge in [0, 0.05) is 37.8 Å². The van der Waals surface area contributed by atoms with E-state index < -0.39 is 0 Å². The number of carbonyl (C=O) groups excluding carboxylic acids is 2. The zero-order valence-corrected chi connectivity index (χ0v) is 14.2. The summed E-state index contributed by atoms with van der Waals surface area (Å²) >= 11 is 0. The summed E-state index contributed by atoms with van der Waals surface area (Å²) in [6.07, 6.45) is 1.67. The molecule has 3 rings (SSSR count). The molecule has 1 N–H and O–H groups in total. The van der Waals surface area contributed by atoms with Crippen molar-refractivity contribution in [1.29, 1.82) is 0 Å². The predicted octanol–water partition coefficient (Wildman–Crippen LogP) is 0.740. The number of ether oxygens (including phenoxy) is 1. The highest BCUT2D eigenvalue weighted by molar-refractivity contribution is 5.94. The lowest BCUT2D eigenvalue weighted by atomic mass is 9.85. The lowest BCUT2D eigenvalue weighted by Gasteiger charge is -2.50. The fourth-order valence-corrected chi connectivity index (χ4v) is 3.61. The van der Waals surface area contributed by atoms with Gasteiger partial charge >= 0.3 is 0 Å². The molecule has 0 atom stereocenters. The van der Waals surface area contributed by atoms with E-state index in [9.17, 15) is 9.59 Å². The summed E-state index contributed by atoms with van der Waals surface area (Å²) in [4.78, 5) is 28.5. The third kappa shape index (κ3) is 3.44. The van der Waals surface area contributed by atoms with Crippen LogP contribution >= 0.6 is 0 Å². The summed E-state index contributed by atoms with van der Waals surface area (Å²) in [5.41, 5.74) is 0.605. The molecule has 0 saturated carbocycles. The SMILES string of the molecule is CNC(=O)CN1CCOCC12CCN(C(=O)c1ccccc1)CC2. The Labute approximate surface area is 142 Å². The number of likely N-dealkylation sites (tertiary alicyclic amines) is 1. The number of amides is 2. The monoisotopic (exact) mass is 331 g/mol. The van der Waals surface area contributed by atoms with Crippen LogP contribution in [0.4, 0.5) is 0 Å². The van der Waals surface area contributed by atoms with Gasteiger partial charge < -0.3 is 15.0 Å². The summed E-state index contributed by atoms with van der Waals surface area (Å²) in [5, 5.41) is 2.70. The summed E-state index contributed by atoms with van der Waals surface area (Å²) in [6, 6.07) is 9.40. The number of rotatable bonds is 3. The number of morpholine rings is 1. The molecule has 2 heterocycles. The van der Waals surface area contributed by atoms with Gasteiger partial charge in [0.15, 0.2) is 0 Å². The molecule has 6 nitrogen and oxygen atoms in total. The number of hydrogen-bond acceptors (Lipinski definition) is 4. The van der Waals surface area contributed by atoms with Crippen LogP contribution < -0.4 is 5.32 Å². The summed E-state index contributed by atoms with van der Waals surface area (Å²) in [5.74, 6) is 0.110. The van der Waals surface area contributed by atoms with Crippen LogP contribution in [0.5, 0.6) is 0 Å². The van der Waals surface area contributed by atoms with Gasteiger partial charge in [0.1, 0.15) is 0 Å². The van der Waals surface area contributed by atoms with Gasteiger partial charge in [-0.1, -0.05) is 18.2 Å². The first kappa shape index (κ1) is 16.9. The molecule has 2 aliphatic rings. The molecule has 0 aromatic heterocycles. The Bertz CT molecular complexity index is 582. The molecule has 2 saturated heterocycles. The minimum atomic E-state index is -0.127. The first-order valence-electron chi connectivity index (χ1n) is 8.52. The topological polar surface area (TPSA) is 61.9 Å². The van der Waals surface area contributed by atoms with Crippen LogP contribution in [-0.2, 0) is 9.53 Å². The number of carbonyl (C=O) groups is 2. The van der Waals surface area contributed by atoms with Crippen molar-refractivity contribution >= 4 is 11.8 Å². The largest absolute Gasteiger partial charge is 0.378 e. The molecular formula is C18H25N3O3. The average molecular weight is 331 g/mol. The quantitative estimate of drug-likeness (QED) is 0.887. The van der Waals surface area contributed by atoms with Crippen LogP contribution in [0.2, 0.25) is 0 Å². The summed E-state index contributed by atoms with van der Waals surface area (Å²) < 4.78 is 5.71. The van der Waals surface area contributed by atoms with Crippen molar-refractivity contribution in [3.8, 4) is 0 Å². The third-order valence-corrected chi connectivity index (χ3v) is 5.16. The first-order valence-corrected chi connectivity index (χ1v) is 8.52. The molecule has 0 radical (unpaired) electrons. The maximum absolute atomic E-state index is 12.6. The minimum absolute atomic E-state index is 0.0269. The van der Waals surface area contributed by atoms with Crippen molar-refractivity contribution in [2.24, 2.45) is 0 Å². The highest BCUT2D eigenvalue weighted by Crippen LogP contribution is 2.32. The summed E-state index contributed by atoms with van der Waals surface area (Å²) in [7, 11) is 1.66. The van der Waals surface area contributed by atoms with Crippen LogP contribution in [0.1, 0.15) is 23.2 Å². The highest BCUT2D eigenvalue weighted by atomic mass is 16.5. The lowest BCUT2D eigenvalue weighted by Crippen LogP contribution is -2.63. The van der Waals surface area contributed by atoms with E-state index in [4.69, 9.17) is 4.74 Å². The molecule has 1 spiro atoms. The van der Waals surface area contributed by atoms with Gasteiger partial charge in [-0.2, -0.15) is 0 Å². The van der Waals surface area contributed by atoms with Gasteiger partial charge in [0.05, 0.1) is 19.8 Å². The second-order valence-electron chi connectivity index (χ2n) is 6.53. The molecule has 1 aromatic carbocycles. The van der Waals surface area contributed by atoms with E-state index in [1.165, 1.54) is 0 Å². The highest BCUT2D eigenvalue weighted by Gasteiger charge is 2.43. The van der Waals surface area contributed by atoms with Gasteiger partial charge in [-0.25, -0.2) is 0 Å². The molecule has 2 aliphatic heterocycles. The van der Waals surface area contributed by atoms with Crippen molar-refractivity contribution in [2.75, 3.05) is 46.4 Å². The maximum Gasteiger partial charge on any atom is 0.253 e. The molecule has 2 fully saturated rings. The molecule has 0 unspecified atom stereocenters. The van der Waals surface area contributed by atoms with E-state index in [1.54, 1.807) is 7.05 Å². The van der Waals surface area contributed by atoms with Crippen molar-refractivity contribution in [3.05, 3.63) is 35.9 Å². The van der Waals surface area contributed by atoms with Crippen molar-refractivity contribution in [2.45, 2.75) is 18.4 Å². The third-order valence-electron chi connectivity index (χ3n) is 5.16. The average Bonchev–Trinajstić information content (AvgIpc) is 2.64. The zero-order chi connectivity index (χ0) is 17.0. The molecule has 24 heavy (non-hydrogen) atoms. The lowest BCUT2D eigenvalue weighted by molar-refractivity contribution is -0.131. The van der Waals surface area contributed by atoms with E-state index in [2.05, 4.69) is 10.2 Å². The van der Waals surface area contributed by atoms with E-state index in [-0.39, 0.29) is 17.4 Å².